The molecule has 0 radical (unpaired) electrons. The van der Waals surface area contributed by atoms with Crippen LogP contribution in [0.25, 0.3) is 0 Å². The highest BCUT2D eigenvalue weighted by Gasteiger charge is 2.34. The number of hydrogen-bond acceptors (Lipinski definition) is 5. The van der Waals surface area contributed by atoms with Crippen molar-refractivity contribution in [3.8, 4) is 5.75 Å². The van der Waals surface area contributed by atoms with Gasteiger partial charge in [0.15, 0.2) is 5.75 Å². The first-order valence-electron chi connectivity index (χ1n) is 8.96. The second kappa shape index (κ2) is 8.80. The zero-order valence-corrected chi connectivity index (χ0v) is 17.6. The number of ether oxygens (including phenoxy) is 1. The number of carbonyl (C=O) groups is 1. The number of nitrogens with zero attached hydrogens (tertiary/aromatic N) is 3. The van der Waals surface area contributed by atoms with Gasteiger partial charge >= 0.3 is 6.18 Å². The fourth-order valence-corrected chi connectivity index (χ4v) is 3.97. The lowest BCUT2D eigenvalue weighted by Gasteiger charge is -2.36. The summed E-state index contributed by atoms with van der Waals surface area (Å²) in [7, 11) is 1.40. The number of halogens is 5. The fraction of sp³-hybridized carbons (Fsp3) is 0.316. The number of benzene rings is 2. The quantitative estimate of drug-likeness (QED) is 0.462. The average molecular weight is 478 g/mol. The second-order valence-corrected chi connectivity index (χ2v) is 7.53. The Morgan fingerprint density at radius 3 is 2.16 bits per heavy atom. The van der Waals surface area contributed by atoms with Crippen LogP contribution in [0.4, 0.5) is 24.5 Å². The summed E-state index contributed by atoms with van der Waals surface area (Å²) in [6.07, 6.45) is -4.69. The fourth-order valence-electron chi connectivity index (χ4n) is 3.32. The van der Waals surface area contributed by atoms with Gasteiger partial charge in [0.05, 0.1) is 27.6 Å². The Hall–Kier alpha value is -2.72. The summed E-state index contributed by atoms with van der Waals surface area (Å²) < 4.78 is 43.8. The Kier molecular flexibility index (Phi) is 6.51. The molecule has 12 heteroatoms. The number of nitro groups is 1. The molecular weight excluding hydrogens is 462 g/mol. The van der Waals surface area contributed by atoms with Gasteiger partial charge in [-0.1, -0.05) is 23.2 Å². The molecule has 0 aliphatic carbocycles. The first-order valence-corrected chi connectivity index (χ1v) is 9.71. The van der Waals surface area contributed by atoms with Crippen LogP contribution in [0.2, 0.25) is 10.0 Å². The average Bonchev–Trinajstić information content (AvgIpc) is 2.72. The lowest BCUT2D eigenvalue weighted by atomic mass is 10.1. The monoisotopic (exact) mass is 477 g/mol. The maximum atomic E-state index is 12.9. The van der Waals surface area contributed by atoms with E-state index in [9.17, 15) is 28.1 Å². The molecule has 0 N–H and O–H groups in total. The van der Waals surface area contributed by atoms with E-state index in [1.165, 1.54) is 24.1 Å². The van der Waals surface area contributed by atoms with Gasteiger partial charge in [-0.05, 0) is 24.3 Å². The minimum absolute atomic E-state index is 0.0700. The van der Waals surface area contributed by atoms with Crippen molar-refractivity contribution >= 4 is 40.5 Å². The van der Waals surface area contributed by atoms with E-state index in [1.807, 2.05) is 0 Å². The van der Waals surface area contributed by atoms with Gasteiger partial charge in [-0.15, -0.1) is 0 Å². The largest absolute Gasteiger partial charge is 0.494 e. The van der Waals surface area contributed by atoms with Crippen molar-refractivity contribution in [2.24, 2.45) is 0 Å². The number of rotatable bonds is 4. The molecule has 1 fully saturated rings. The molecule has 2 aromatic rings. The molecule has 1 heterocycles. The van der Waals surface area contributed by atoms with Crippen LogP contribution in [0.5, 0.6) is 5.75 Å². The molecule has 0 saturated carbocycles. The van der Waals surface area contributed by atoms with Gasteiger partial charge in [-0.25, -0.2) is 0 Å². The van der Waals surface area contributed by atoms with E-state index in [4.69, 9.17) is 27.9 Å². The molecule has 1 amide bonds. The van der Waals surface area contributed by atoms with Crippen molar-refractivity contribution in [2.75, 3.05) is 38.2 Å². The van der Waals surface area contributed by atoms with Crippen LogP contribution in [0.1, 0.15) is 15.9 Å². The number of piperazine rings is 1. The van der Waals surface area contributed by atoms with Crippen LogP contribution in [0, 0.1) is 10.1 Å². The molecule has 0 bridgehead atoms. The van der Waals surface area contributed by atoms with Gasteiger partial charge in [-0.3, -0.25) is 14.9 Å². The molecule has 2 aromatic carbocycles. The molecule has 0 unspecified atom stereocenters. The van der Waals surface area contributed by atoms with Crippen molar-refractivity contribution in [2.45, 2.75) is 6.18 Å². The summed E-state index contributed by atoms with van der Waals surface area (Å²) in [6, 6.07) is 5.28. The smallest absolute Gasteiger partial charge is 0.416 e. The van der Waals surface area contributed by atoms with Gasteiger partial charge in [-0.2, -0.15) is 13.2 Å². The number of anilines is 1. The molecule has 1 aliphatic rings. The summed E-state index contributed by atoms with van der Waals surface area (Å²) in [5, 5.41) is 11.7. The number of carbonyl (C=O) groups excluding carboxylic acids is 1. The summed E-state index contributed by atoms with van der Waals surface area (Å²) in [5.41, 5.74) is -1.40. The zero-order valence-electron chi connectivity index (χ0n) is 16.1. The highest BCUT2D eigenvalue weighted by atomic mass is 35.5. The number of alkyl halides is 3. The molecule has 1 saturated heterocycles. The summed E-state index contributed by atoms with van der Waals surface area (Å²) in [4.78, 5) is 26.4. The highest BCUT2D eigenvalue weighted by Crippen LogP contribution is 2.37. The molecule has 7 nitrogen and oxygen atoms in total. The van der Waals surface area contributed by atoms with Crippen molar-refractivity contribution in [1.29, 1.82) is 0 Å². The van der Waals surface area contributed by atoms with E-state index in [-0.39, 0.29) is 59.1 Å². The van der Waals surface area contributed by atoms with E-state index < -0.39 is 22.4 Å². The van der Waals surface area contributed by atoms with E-state index >= 15 is 0 Å². The summed E-state index contributed by atoms with van der Waals surface area (Å²) in [6.45, 7) is 0.821. The molecule has 0 aromatic heterocycles. The molecule has 3 rings (SSSR count). The predicted molar refractivity (Wildman–Crippen MR) is 109 cm³/mol. The number of nitro benzene ring substituents is 1. The topological polar surface area (TPSA) is 75.9 Å². The Balaban J connectivity index is 1.77. The van der Waals surface area contributed by atoms with Gasteiger partial charge in [0.25, 0.3) is 11.6 Å². The minimum Gasteiger partial charge on any atom is -0.494 e. The van der Waals surface area contributed by atoms with Crippen LogP contribution in [-0.4, -0.2) is 49.0 Å². The van der Waals surface area contributed by atoms with Crippen LogP contribution < -0.4 is 9.64 Å². The summed E-state index contributed by atoms with van der Waals surface area (Å²) in [5.74, 6) is -0.0904. The maximum Gasteiger partial charge on any atom is 0.416 e. The number of hydrogen-bond donors (Lipinski definition) is 0. The van der Waals surface area contributed by atoms with E-state index in [0.29, 0.717) is 6.07 Å². The zero-order chi connectivity index (χ0) is 22.9. The maximum absolute atomic E-state index is 12.9. The highest BCUT2D eigenvalue weighted by molar-refractivity contribution is 6.37. The van der Waals surface area contributed by atoms with Gasteiger partial charge in [0.1, 0.15) is 5.69 Å². The van der Waals surface area contributed by atoms with Crippen LogP contribution in [0.15, 0.2) is 30.3 Å². The van der Waals surface area contributed by atoms with Crippen LogP contribution in [0.3, 0.4) is 0 Å². The second-order valence-electron chi connectivity index (χ2n) is 6.71. The first kappa shape index (κ1) is 23.0. The normalized spacial score (nSPS) is 14.5. The molecule has 0 atom stereocenters. The minimum atomic E-state index is -4.69. The van der Waals surface area contributed by atoms with Crippen molar-refractivity contribution in [3.05, 3.63) is 61.6 Å². The Morgan fingerprint density at radius 2 is 1.68 bits per heavy atom. The third-order valence-corrected chi connectivity index (χ3v) is 5.42. The Labute approximate surface area is 185 Å². The van der Waals surface area contributed by atoms with Crippen LogP contribution in [-0.2, 0) is 6.18 Å². The first-order chi connectivity index (χ1) is 14.5. The third-order valence-electron chi connectivity index (χ3n) is 4.86. The molecular formula is C19H16Cl2F3N3O4. The van der Waals surface area contributed by atoms with Crippen molar-refractivity contribution < 1.29 is 27.6 Å². The van der Waals surface area contributed by atoms with E-state index in [0.717, 1.165) is 12.1 Å². The predicted octanol–water partition coefficient (Wildman–Crippen LogP) is 4.89. The van der Waals surface area contributed by atoms with Crippen LogP contribution >= 0.6 is 23.2 Å². The van der Waals surface area contributed by atoms with Crippen molar-refractivity contribution in [3.63, 3.8) is 0 Å². The lowest BCUT2D eigenvalue weighted by Crippen LogP contribution is -2.49. The van der Waals surface area contributed by atoms with Gasteiger partial charge in [0, 0.05) is 37.8 Å². The standard InChI is InChI=1S/C19H16Cl2F3N3O4/c1-31-17-13(20)8-11(9-14(17)21)18(28)26-6-4-25(5-7-26)15-3-2-12(19(22,23)24)10-16(15)27(29)30/h2-3,8-10H,4-7H2,1H3. The van der Waals surface area contributed by atoms with E-state index in [2.05, 4.69) is 0 Å². The molecule has 0 spiro atoms. The Bertz CT molecular complexity index is 1000. The van der Waals surface area contributed by atoms with Gasteiger partial charge in [0.2, 0.25) is 0 Å². The molecule has 1 aliphatic heterocycles. The van der Waals surface area contributed by atoms with Gasteiger partial charge < -0.3 is 14.5 Å². The molecule has 31 heavy (non-hydrogen) atoms. The SMILES string of the molecule is COc1c(Cl)cc(C(=O)N2CCN(c3ccc(C(F)(F)F)cc3[N+](=O)[O-])CC2)cc1Cl. The van der Waals surface area contributed by atoms with E-state index in [1.54, 1.807) is 4.90 Å². The van der Waals surface area contributed by atoms with Crippen molar-refractivity contribution in [1.82, 2.24) is 4.90 Å². The third kappa shape index (κ3) is 4.80. The lowest BCUT2D eigenvalue weighted by molar-refractivity contribution is -0.384. The number of amides is 1. The summed E-state index contributed by atoms with van der Waals surface area (Å²) >= 11 is 12.2. The molecule has 166 valence electrons. The number of methoxy groups -OCH3 is 1. The Morgan fingerprint density at radius 1 is 1.10 bits per heavy atom.